The van der Waals surface area contributed by atoms with Gasteiger partial charge in [0.2, 0.25) is 0 Å². The van der Waals surface area contributed by atoms with Gasteiger partial charge in [-0.2, -0.15) is 0 Å². The normalized spacial score (nSPS) is 21.4. The third-order valence-corrected chi connectivity index (χ3v) is 5.51. The van der Waals surface area contributed by atoms with Gasteiger partial charge in [0, 0.05) is 18.5 Å². The van der Waals surface area contributed by atoms with Crippen LogP contribution in [0.1, 0.15) is 17.0 Å². The Kier molecular flexibility index (Phi) is 5.97. The van der Waals surface area contributed by atoms with E-state index in [4.69, 9.17) is 17.3 Å². The van der Waals surface area contributed by atoms with Gasteiger partial charge in [0.25, 0.3) is 0 Å². The first-order valence-corrected chi connectivity index (χ1v) is 10.4. The molecule has 2 radical (unpaired) electrons. The van der Waals surface area contributed by atoms with Gasteiger partial charge in [-0.3, -0.25) is 0 Å². The Hall–Kier alpha value is -2.25. The van der Waals surface area contributed by atoms with E-state index in [1.807, 2.05) is 24.3 Å². The monoisotopic (exact) mass is 411 g/mol. The second kappa shape index (κ2) is 8.63. The van der Waals surface area contributed by atoms with Gasteiger partial charge in [-0.15, -0.1) is 4.52 Å². The van der Waals surface area contributed by atoms with Crippen molar-refractivity contribution in [2.75, 3.05) is 26.3 Å². The second-order valence-corrected chi connectivity index (χ2v) is 7.73. The lowest BCUT2D eigenvalue weighted by Gasteiger charge is -2.35. The molecule has 3 unspecified atom stereocenters. The fraction of sp³-hybridized carbons (Fsp3) is 0.350. The van der Waals surface area contributed by atoms with Crippen molar-refractivity contribution in [2.24, 2.45) is 0 Å². The molecule has 9 heteroatoms. The molecule has 2 aliphatic rings. The molecule has 4 rings (SSSR count). The standard InChI is InChI=1S/C20H19BNO6P/c21-19-10-22(9-13(28-19)11-27-29(24)25)20(23)26-12-18-16-7-3-1-5-14(16)15-6-2-4-8-17(15)18/h1-8,13,18-19H,9-12H2. The van der Waals surface area contributed by atoms with Crippen molar-refractivity contribution in [3.63, 3.8) is 0 Å². The van der Waals surface area contributed by atoms with Gasteiger partial charge in [-0.1, -0.05) is 48.5 Å². The van der Waals surface area contributed by atoms with Crippen LogP contribution in [-0.4, -0.2) is 57.2 Å². The van der Waals surface area contributed by atoms with Crippen molar-refractivity contribution < 1.29 is 28.3 Å². The number of nitrogens with zero attached hydrogens (tertiary/aromatic N) is 1. The van der Waals surface area contributed by atoms with Gasteiger partial charge < -0.3 is 19.3 Å². The summed E-state index contributed by atoms with van der Waals surface area (Å²) in [5.41, 5.74) is 4.57. The van der Waals surface area contributed by atoms with Crippen LogP contribution in [0.2, 0.25) is 0 Å². The number of benzene rings is 2. The number of hydrogen-bond donors (Lipinski definition) is 0. The zero-order valence-corrected chi connectivity index (χ0v) is 16.5. The molecule has 0 spiro atoms. The van der Waals surface area contributed by atoms with Crippen molar-refractivity contribution in [3.05, 3.63) is 59.7 Å². The summed E-state index contributed by atoms with van der Waals surface area (Å²) in [5.74, 6) is -0.0373. The molecule has 2 aromatic carbocycles. The van der Waals surface area contributed by atoms with E-state index in [-0.39, 0.29) is 32.2 Å². The predicted molar refractivity (Wildman–Crippen MR) is 105 cm³/mol. The SMILES string of the molecule is [B]C1CN(C(=O)OCC2c3ccccc3-c3ccccc32)CC(CO[P+](=O)[O-])O1. The lowest BCUT2D eigenvalue weighted by atomic mass is 9.97. The van der Waals surface area contributed by atoms with Crippen LogP contribution >= 0.6 is 8.25 Å². The average molecular weight is 411 g/mol. The van der Waals surface area contributed by atoms with Gasteiger partial charge in [-0.25, -0.2) is 4.79 Å². The Balaban J connectivity index is 1.42. The highest BCUT2D eigenvalue weighted by Gasteiger charge is 2.33. The molecule has 0 aromatic heterocycles. The van der Waals surface area contributed by atoms with Gasteiger partial charge in [0.15, 0.2) is 0 Å². The Morgan fingerprint density at radius 3 is 2.34 bits per heavy atom. The van der Waals surface area contributed by atoms with Crippen LogP contribution in [-0.2, 0) is 18.6 Å². The van der Waals surface area contributed by atoms with Crippen LogP contribution < -0.4 is 4.89 Å². The number of rotatable bonds is 5. The topological polar surface area (TPSA) is 88.1 Å². The van der Waals surface area contributed by atoms with Gasteiger partial charge in [0.05, 0.1) is 6.54 Å². The van der Waals surface area contributed by atoms with E-state index >= 15 is 0 Å². The highest BCUT2D eigenvalue weighted by Crippen LogP contribution is 2.44. The lowest BCUT2D eigenvalue weighted by Crippen LogP contribution is -2.51. The van der Waals surface area contributed by atoms with Crippen molar-refractivity contribution in [2.45, 2.75) is 18.0 Å². The first kappa shape index (κ1) is 20.0. The lowest BCUT2D eigenvalue weighted by molar-refractivity contribution is -0.189. The van der Waals surface area contributed by atoms with Gasteiger partial charge in [-0.05, 0) is 26.8 Å². The molecule has 1 saturated heterocycles. The third-order valence-electron chi connectivity index (χ3n) is 5.15. The average Bonchev–Trinajstić information content (AvgIpc) is 3.04. The number of fused-ring (bicyclic) bond motifs is 3. The van der Waals surface area contributed by atoms with Crippen LogP contribution in [0.3, 0.4) is 0 Å². The quantitative estimate of drug-likeness (QED) is 0.554. The number of morpholine rings is 1. The molecule has 0 saturated carbocycles. The summed E-state index contributed by atoms with van der Waals surface area (Å²) < 4.78 is 26.2. The van der Waals surface area contributed by atoms with E-state index in [0.717, 1.165) is 22.3 Å². The Morgan fingerprint density at radius 2 is 1.72 bits per heavy atom. The zero-order chi connectivity index (χ0) is 20.4. The number of hydrogen-bond acceptors (Lipinski definition) is 6. The molecule has 0 N–H and O–H groups in total. The Morgan fingerprint density at radius 1 is 1.10 bits per heavy atom. The summed E-state index contributed by atoms with van der Waals surface area (Å²) in [6, 6.07) is 15.5. The molecule has 29 heavy (non-hydrogen) atoms. The van der Waals surface area contributed by atoms with Gasteiger partial charge in [0.1, 0.15) is 27.2 Å². The fourth-order valence-corrected chi connectivity index (χ4v) is 4.23. The van der Waals surface area contributed by atoms with E-state index < -0.39 is 26.5 Å². The molecule has 1 heterocycles. The predicted octanol–water partition coefficient (Wildman–Crippen LogP) is 2.17. The van der Waals surface area contributed by atoms with E-state index in [2.05, 4.69) is 28.8 Å². The number of carbonyl (C=O) groups excluding carboxylic acids is 1. The summed E-state index contributed by atoms with van der Waals surface area (Å²) in [4.78, 5) is 24.7. The summed E-state index contributed by atoms with van der Waals surface area (Å²) in [7, 11) is 2.84. The molecule has 1 amide bonds. The van der Waals surface area contributed by atoms with E-state index in [1.54, 1.807) is 0 Å². The Labute approximate surface area is 170 Å². The molecular formula is C20H19BNO6P. The van der Waals surface area contributed by atoms with Gasteiger partial charge >= 0.3 is 14.3 Å². The maximum absolute atomic E-state index is 12.6. The van der Waals surface area contributed by atoms with Crippen LogP contribution in [0, 0.1) is 0 Å². The molecule has 7 nitrogen and oxygen atoms in total. The molecule has 3 atom stereocenters. The summed E-state index contributed by atoms with van der Waals surface area (Å²) >= 11 is 0. The zero-order valence-electron chi connectivity index (χ0n) is 15.6. The molecule has 1 aliphatic heterocycles. The summed E-state index contributed by atoms with van der Waals surface area (Å²) in [6.45, 7) is 0.316. The largest absolute Gasteiger partial charge is 0.566 e. The first-order valence-electron chi connectivity index (χ1n) is 9.31. The fourth-order valence-electron chi connectivity index (χ4n) is 3.94. The first-order chi connectivity index (χ1) is 14.0. The van der Waals surface area contributed by atoms with Crippen LogP contribution in [0.5, 0.6) is 0 Å². The van der Waals surface area contributed by atoms with Crippen LogP contribution in [0.4, 0.5) is 4.79 Å². The molecule has 148 valence electrons. The third kappa shape index (κ3) is 4.36. The van der Waals surface area contributed by atoms with Crippen LogP contribution in [0.25, 0.3) is 11.1 Å². The van der Waals surface area contributed by atoms with Crippen LogP contribution in [0.15, 0.2) is 48.5 Å². The maximum atomic E-state index is 12.6. The highest BCUT2D eigenvalue weighted by atomic mass is 31.1. The number of ether oxygens (including phenoxy) is 2. The van der Waals surface area contributed by atoms with Crippen molar-refractivity contribution >= 4 is 22.2 Å². The highest BCUT2D eigenvalue weighted by molar-refractivity contribution is 7.30. The smallest absolute Gasteiger partial charge is 0.488 e. The molecule has 1 aliphatic carbocycles. The minimum atomic E-state index is -2.99. The van der Waals surface area contributed by atoms with E-state index in [9.17, 15) is 14.3 Å². The molecule has 2 aromatic rings. The molecular weight excluding hydrogens is 392 g/mol. The minimum Gasteiger partial charge on any atom is -0.566 e. The van der Waals surface area contributed by atoms with E-state index in [0.29, 0.717) is 0 Å². The van der Waals surface area contributed by atoms with E-state index in [1.165, 1.54) is 4.90 Å². The molecule has 0 bridgehead atoms. The minimum absolute atomic E-state index is 0.0373. The van der Waals surface area contributed by atoms with Crippen molar-refractivity contribution in [1.29, 1.82) is 0 Å². The maximum Gasteiger partial charge on any atom is 0.488 e. The summed E-state index contributed by atoms with van der Waals surface area (Å²) in [6.07, 6.45) is -1.14. The Bertz CT molecular complexity index is 880. The van der Waals surface area contributed by atoms with Crippen molar-refractivity contribution in [3.8, 4) is 11.1 Å². The van der Waals surface area contributed by atoms with Crippen molar-refractivity contribution in [1.82, 2.24) is 4.90 Å². The number of amides is 1. The summed E-state index contributed by atoms with van der Waals surface area (Å²) in [5, 5.41) is 0. The molecule has 1 fully saturated rings. The second-order valence-electron chi connectivity index (χ2n) is 7.02. The number of carbonyl (C=O) groups is 1.